The van der Waals surface area contributed by atoms with Crippen molar-refractivity contribution in [3.8, 4) is 17.6 Å². The Morgan fingerprint density at radius 3 is 2.48 bits per heavy atom. The van der Waals surface area contributed by atoms with Crippen LogP contribution < -0.4 is 20.1 Å². The van der Waals surface area contributed by atoms with Crippen LogP contribution in [0.5, 0.6) is 11.5 Å². The molecule has 8 heteroatoms. The van der Waals surface area contributed by atoms with Gasteiger partial charge in [-0.05, 0) is 48.5 Å². The molecule has 0 spiro atoms. The molecule has 8 nitrogen and oxygen atoms in total. The number of fused-ring (bicyclic) bond motifs is 1. The van der Waals surface area contributed by atoms with E-state index >= 15 is 0 Å². The quantitative estimate of drug-likeness (QED) is 0.737. The van der Waals surface area contributed by atoms with Gasteiger partial charge in [-0.25, -0.2) is 0 Å². The van der Waals surface area contributed by atoms with Crippen molar-refractivity contribution >= 4 is 23.1 Å². The third-order valence-corrected chi connectivity index (χ3v) is 3.81. The highest BCUT2D eigenvalue weighted by atomic mass is 16.7. The van der Waals surface area contributed by atoms with Gasteiger partial charge in [0, 0.05) is 17.4 Å². The zero-order chi connectivity index (χ0) is 18.6. The summed E-state index contributed by atoms with van der Waals surface area (Å²) in [5.41, 5.74) is 2.09. The predicted molar refractivity (Wildman–Crippen MR) is 97.0 cm³/mol. The van der Waals surface area contributed by atoms with Gasteiger partial charge in [0.2, 0.25) is 6.79 Å². The van der Waals surface area contributed by atoms with Gasteiger partial charge in [-0.2, -0.15) is 5.26 Å². The molecule has 0 saturated heterocycles. The summed E-state index contributed by atoms with van der Waals surface area (Å²) in [6.07, 6.45) is 0. The summed E-state index contributed by atoms with van der Waals surface area (Å²) in [5, 5.41) is 22.6. The second kappa shape index (κ2) is 7.01. The lowest BCUT2D eigenvalue weighted by atomic mass is 10.2. The summed E-state index contributed by atoms with van der Waals surface area (Å²) in [6.45, 7) is 0.173. The van der Waals surface area contributed by atoms with E-state index in [-0.39, 0.29) is 18.4 Å². The second-order valence-corrected chi connectivity index (χ2v) is 5.64. The number of ether oxygens (including phenoxy) is 2. The number of hydrogen-bond acceptors (Lipinski definition) is 7. The number of amides is 1. The summed E-state index contributed by atoms with van der Waals surface area (Å²) in [6, 6.07) is 17.3. The van der Waals surface area contributed by atoms with Gasteiger partial charge in [0.25, 0.3) is 5.91 Å². The number of anilines is 3. The molecule has 0 atom stereocenters. The van der Waals surface area contributed by atoms with Crippen molar-refractivity contribution in [3.63, 3.8) is 0 Å². The standard InChI is InChI=1S/C19H13N5O3/c20-10-12-1-3-13(4-2-12)21-18-8-6-15(23-24-18)19(25)22-14-5-7-16-17(9-14)27-11-26-16/h1-9H,11H2,(H,21,24)(H,22,25). The van der Waals surface area contributed by atoms with E-state index in [1.54, 1.807) is 54.6 Å². The highest BCUT2D eigenvalue weighted by Crippen LogP contribution is 2.34. The molecule has 0 radical (unpaired) electrons. The fraction of sp³-hybridized carbons (Fsp3) is 0.0526. The van der Waals surface area contributed by atoms with Gasteiger partial charge in [0.05, 0.1) is 11.6 Å². The maximum Gasteiger partial charge on any atom is 0.276 e. The van der Waals surface area contributed by atoms with E-state index < -0.39 is 0 Å². The molecule has 1 aliphatic rings. The van der Waals surface area contributed by atoms with Crippen molar-refractivity contribution in [2.45, 2.75) is 0 Å². The highest BCUT2D eigenvalue weighted by molar-refractivity contribution is 6.03. The van der Waals surface area contributed by atoms with Crippen LogP contribution in [0.4, 0.5) is 17.2 Å². The Labute approximate surface area is 154 Å². The number of hydrogen-bond donors (Lipinski definition) is 2. The fourth-order valence-corrected chi connectivity index (χ4v) is 2.47. The lowest BCUT2D eigenvalue weighted by Crippen LogP contribution is -2.14. The molecule has 4 rings (SSSR count). The van der Waals surface area contributed by atoms with Crippen LogP contribution in [-0.4, -0.2) is 22.9 Å². The summed E-state index contributed by atoms with van der Waals surface area (Å²) in [5.74, 6) is 1.33. The molecule has 3 aromatic rings. The molecule has 1 aliphatic heterocycles. The average Bonchev–Trinajstić information content (AvgIpc) is 3.17. The first-order valence-corrected chi connectivity index (χ1v) is 8.03. The van der Waals surface area contributed by atoms with E-state index in [2.05, 4.69) is 26.9 Å². The molecule has 27 heavy (non-hydrogen) atoms. The zero-order valence-electron chi connectivity index (χ0n) is 14.0. The van der Waals surface area contributed by atoms with Crippen LogP contribution in [0.2, 0.25) is 0 Å². The highest BCUT2D eigenvalue weighted by Gasteiger charge is 2.15. The average molecular weight is 359 g/mol. The van der Waals surface area contributed by atoms with Crippen LogP contribution in [-0.2, 0) is 0 Å². The maximum absolute atomic E-state index is 12.3. The first-order chi connectivity index (χ1) is 13.2. The normalized spacial score (nSPS) is 11.5. The number of carbonyl (C=O) groups excluding carboxylic acids is 1. The maximum atomic E-state index is 12.3. The van der Waals surface area contributed by atoms with E-state index in [4.69, 9.17) is 14.7 Å². The Bertz CT molecular complexity index is 1030. The van der Waals surface area contributed by atoms with E-state index in [1.165, 1.54) is 0 Å². The summed E-state index contributed by atoms with van der Waals surface area (Å²) in [4.78, 5) is 12.3. The molecule has 0 fully saturated rings. The number of benzene rings is 2. The molecule has 0 aliphatic carbocycles. The minimum absolute atomic E-state index is 0.173. The van der Waals surface area contributed by atoms with Gasteiger partial charge in [0.1, 0.15) is 0 Å². The van der Waals surface area contributed by atoms with Gasteiger partial charge >= 0.3 is 0 Å². The molecule has 132 valence electrons. The molecular formula is C19H13N5O3. The number of rotatable bonds is 4. The van der Waals surface area contributed by atoms with E-state index in [0.29, 0.717) is 28.6 Å². The van der Waals surface area contributed by atoms with Crippen molar-refractivity contribution in [3.05, 3.63) is 65.9 Å². The first kappa shape index (κ1) is 16.4. The number of aromatic nitrogens is 2. The van der Waals surface area contributed by atoms with E-state index in [0.717, 1.165) is 5.69 Å². The Morgan fingerprint density at radius 1 is 0.963 bits per heavy atom. The SMILES string of the molecule is N#Cc1ccc(Nc2ccc(C(=O)Nc3ccc4c(c3)OCO4)nn2)cc1. The molecular weight excluding hydrogens is 346 g/mol. The largest absolute Gasteiger partial charge is 0.454 e. The van der Waals surface area contributed by atoms with Crippen molar-refractivity contribution in [2.24, 2.45) is 0 Å². The third-order valence-electron chi connectivity index (χ3n) is 3.81. The molecule has 2 heterocycles. The minimum atomic E-state index is -0.383. The third kappa shape index (κ3) is 3.62. The van der Waals surface area contributed by atoms with Gasteiger partial charge in [0.15, 0.2) is 23.0 Å². The van der Waals surface area contributed by atoms with Crippen LogP contribution >= 0.6 is 0 Å². The summed E-state index contributed by atoms with van der Waals surface area (Å²) in [7, 11) is 0. The molecule has 0 unspecified atom stereocenters. The molecule has 0 bridgehead atoms. The molecule has 2 aromatic carbocycles. The number of nitrogens with zero attached hydrogens (tertiary/aromatic N) is 3. The molecule has 1 aromatic heterocycles. The monoisotopic (exact) mass is 359 g/mol. The van der Waals surface area contributed by atoms with Crippen molar-refractivity contribution in [1.29, 1.82) is 5.26 Å². The van der Waals surface area contributed by atoms with Crippen molar-refractivity contribution in [1.82, 2.24) is 10.2 Å². The number of carbonyl (C=O) groups is 1. The van der Waals surface area contributed by atoms with E-state index in [9.17, 15) is 4.79 Å². The second-order valence-electron chi connectivity index (χ2n) is 5.64. The van der Waals surface area contributed by atoms with Gasteiger partial charge in [-0.3, -0.25) is 4.79 Å². The Hall–Kier alpha value is -4.12. The van der Waals surface area contributed by atoms with Crippen LogP contribution in [0, 0.1) is 11.3 Å². The zero-order valence-corrected chi connectivity index (χ0v) is 14.0. The molecule has 0 saturated carbocycles. The van der Waals surface area contributed by atoms with E-state index in [1.807, 2.05) is 0 Å². The van der Waals surface area contributed by atoms with Gasteiger partial charge in [-0.1, -0.05) is 0 Å². The predicted octanol–water partition coefficient (Wildman–Crippen LogP) is 3.07. The van der Waals surface area contributed by atoms with Crippen molar-refractivity contribution in [2.75, 3.05) is 17.4 Å². The lowest BCUT2D eigenvalue weighted by Gasteiger charge is -2.07. The molecule has 2 N–H and O–H groups in total. The Balaban J connectivity index is 1.42. The smallest absolute Gasteiger partial charge is 0.276 e. The van der Waals surface area contributed by atoms with Crippen LogP contribution in [0.1, 0.15) is 16.1 Å². The fourth-order valence-electron chi connectivity index (χ4n) is 2.47. The van der Waals surface area contributed by atoms with Gasteiger partial charge in [-0.15, -0.1) is 10.2 Å². The summed E-state index contributed by atoms with van der Waals surface area (Å²) >= 11 is 0. The first-order valence-electron chi connectivity index (χ1n) is 8.03. The number of nitriles is 1. The minimum Gasteiger partial charge on any atom is -0.454 e. The van der Waals surface area contributed by atoms with Crippen LogP contribution in [0.25, 0.3) is 0 Å². The topological polar surface area (TPSA) is 109 Å². The molecule has 1 amide bonds. The van der Waals surface area contributed by atoms with Crippen LogP contribution in [0.15, 0.2) is 54.6 Å². The summed E-state index contributed by atoms with van der Waals surface area (Å²) < 4.78 is 10.5. The Kier molecular flexibility index (Phi) is 4.25. The van der Waals surface area contributed by atoms with Gasteiger partial charge < -0.3 is 20.1 Å². The van der Waals surface area contributed by atoms with Crippen molar-refractivity contribution < 1.29 is 14.3 Å². The Morgan fingerprint density at radius 2 is 1.74 bits per heavy atom. The number of nitrogens with one attached hydrogen (secondary N) is 2. The lowest BCUT2D eigenvalue weighted by molar-refractivity contribution is 0.102. The van der Waals surface area contributed by atoms with Crippen LogP contribution in [0.3, 0.4) is 0 Å².